The van der Waals surface area contributed by atoms with Crippen molar-refractivity contribution in [3.63, 3.8) is 0 Å². The lowest BCUT2D eigenvalue weighted by atomic mass is 9.99. The maximum absolute atomic E-state index is 11.5. The van der Waals surface area contributed by atoms with Crippen LogP contribution in [0.2, 0.25) is 0 Å². The van der Waals surface area contributed by atoms with Crippen LogP contribution in [0.1, 0.15) is 47.0 Å². The Kier molecular flexibility index (Phi) is 5.25. The number of carbonyl (C=O) groups is 1. The van der Waals surface area contributed by atoms with E-state index < -0.39 is 0 Å². The van der Waals surface area contributed by atoms with Crippen LogP contribution >= 0.6 is 0 Å². The molecular weight excluding hydrogens is 216 g/mol. The normalized spacial score (nSPS) is 22.2. The lowest BCUT2D eigenvalue weighted by molar-refractivity contribution is 0.00835. The first-order valence-electron chi connectivity index (χ1n) is 6.63. The summed E-state index contributed by atoms with van der Waals surface area (Å²) in [6.07, 6.45) is 2.79. The molecular formula is C13H26N2O2. The number of ether oxygens (including phenoxy) is 1. The molecule has 0 spiro atoms. The fourth-order valence-corrected chi connectivity index (χ4v) is 2.06. The smallest absolute Gasteiger partial charge is 0.407 e. The molecule has 100 valence electrons. The van der Waals surface area contributed by atoms with Gasteiger partial charge in [-0.2, -0.15) is 0 Å². The third-order valence-corrected chi connectivity index (χ3v) is 3.12. The SMILES string of the molecule is CCCNC(=O)OC1CCCN(C(C)(C)C)C1. The second-order valence-electron chi connectivity index (χ2n) is 5.71. The quantitative estimate of drug-likeness (QED) is 0.826. The Hall–Kier alpha value is -0.770. The molecule has 0 aromatic carbocycles. The van der Waals surface area contributed by atoms with E-state index in [2.05, 4.69) is 31.0 Å². The van der Waals surface area contributed by atoms with Crippen molar-refractivity contribution in [3.05, 3.63) is 0 Å². The van der Waals surface area contributed by atoms with Crippen molar-refractivity contribution in [3.8, 4) is 0 Å². The van der Waals surface area contributed by atoms with Gasteiger partial charge in [0.1, 0.15) is 6.10 Å². The highest BCUT2D eigenvalue weighted by Crippen LogP contribution is 2.21. The van der Waals surface area contributed by atoms with Crippen LogP contribution in [0, 0.1) is 0 Å². The van der Waals surface area contributed by atoms with Gasteiger partial charge in [0.25, 0.3) is 0 Å². The van der Waals surface area contributed by atoms with E-state index >= 15 is 0 Å². The van der Waals surface area contributed by atoms with Gasteiger partial charge in [-0.3, -0.25) is 4.90 Å². The van der Waals surface area contributed by atoms with E-state index in [0.717, 1.165) is 32.4 Å². The van der Waals surface area contributed by atoms with Gasteiger partial charge in [0, 0.05) is 18.6 Å². The molecule has 1 aliphatic rings. The third-order valence-electron chi connectivity index (χ3n) is 3.12. The van der Waals surface area contributed by atoms with E-state index in [0.29, 0.717) is 6.54 Å². The molecule has 1 aliphatic heterocycles. The van der Waals surface area contributed by atoms with Crippen molar-refractivity contribution in [2.45, 2.75) is 58.6 Å². The summed E-state index contributed by atoms with van der Waals surface area (Å²) in [5, 5.41) is 2.75. The summed E-state index contributed by atoms with van der Waals surface area (Å²) in [6, 6.07) is 0. The molecule has 0 bridgehead atoms. The van der Waals surface area contributed by atoms with Crippen LogP contribution in [0.3, 0.4) is 0 Å². The number of carbonyl (C=O) groups excluding carboxylic acids is 1. The minimum absolute atomic E-state index is 0.0415. The van der Waals surface area contributed by atoms with Gasteiger partial charge in [-0.15, -0.1) is 0 Å². The van der Waals surface area contributed by atoms with Crippen LogP contribution in [0.5, 0.6) is 0 Å². The first-order valence-corrected chi connectivity index (χ1v) is 6.63. The number of rotatable bonds is 3. The summed E-state index contributed by atoms with van der Waals surface area (Å²) in [5.41, 5.74) is 0.155. The highest BCUT2D eigenvalue weighted by molar-refractivity contribution is 5.67. The van der Waals surface area contributed by atoms with Crippen molar-refractivity contribution in [2.24, 2.45) is 0 Å². The van der Waals surface area contributed by atoms with Gasteiger partial charge in [0.2, 0.25) is 0 Å². The zero-order chi connectivity index (χ0) is 12.9. The average Bonchev–Trinajstić information content (AvgIpc) is 2.25. The number of alkyl carbamates (subject to hydrolysis) is 1. The summed E-state index contributed by atoms with van der Waals surface area (Å²) in [6.45, 7) is 11.3. The van der Waals surface area contributed by atoms with Gasteiger partial charge in [0.15, 0.2) is 0 Å². The van der Waals surface area contributed by atoms with Crippen LogP contribution in [-0.4, -0.2) is 42.3 Å². The highest BCUT2D eigenvalue weighted by atomic mass is 16.6. The van der Waals surface area contributed by atoms with Gasteiger partial charge in [-0.25, -0.2) is 4.79 Å². The number of nitrogens with zero attached hydrogens (tertiary/aromatic N) is 1. The van der Waals surface area contributed by atoms with Crippen molar-refractivity contribution in [1.29, 1.82) is 0 Å². The Morgan fingerprint density at radius 1 is 1.47 bits per heavy atom. The summed E-state index contributed by atoms with van der Waals surface area (Å²) in [7, 11) is 0. The minimum atomic E-state index is -0.271. The maximum Gasteiger partial charge on any atom is 0.407 e. The molecule has 1 heterocycles. The van der Waals surface area contributed by atoms with Crippen molar-refractivity contribution < 1.29 is 9.53 Å². The molecule has 4 heteroatoms. The molecule has 0 radical (unpaired) electrons. The molecule has 1 fully saturated rings. The van der Waals surface area contributed by atoms with Crippen LogP contribution < -0.4 is 5.32 Å². The summed E-state index contributed by atoms with van der Waals surface area (Å²) >= 11 is 0. The second kappa shape index (κ2) is 6.24. The van der Waals surface area contributed by atoms with Crippen LogP contribution in [0.4, 0.5) is 4.79 Å². The van der Waals surface area contributed by atoms with Gasteiger partial charge in [0.05, 0.1) is 0 Å². The van der Waals surface area contributed by atoms with E-state index in [4.69, 9.17) is 4.74 Å². The van der Waals surface area contributed by atoms with E-state index in [1.54, 1.807) is 0 Å². The first-order chi connectivity index (χ1) is 7.93. The van der Waals surface area contributed by atoms with Crippen molar-refractivity contribution in [2.75, 3.05) is 19.6 Å². The van der Waals surface area contributed by atoms with Gasteiger partial charge in [-0.05, 0) is 46.6 Å². The zero-order valence-corrected chi connectivity index (χ0v) is 11.6. The summed E-state index contributed by atoms with van der Waals surface area (Å²) < 4.78 is 5.43. The van der Waals surface area contributed by atoms with Gasteiger partial charge < -0.3 is 10.1 Å². The van der Waals surface area contributed by atoms with Gasteiger partial charge in [-0.1, -0.05) is 6.92 Å². The van der Waals surface area contributed by atoms with Crippen molar-refractivity contribution in [1.82, 2.24) is 10.2 Å². The summed E-state index contributed by atoms with van der Waals surface area (Å²) in [5.74, 6) is 0. The topological polar surface area (TPSA) is 41.6 Å². The number of nitrogens with one attached hydrogen (secondary N) is 1. The maximum atomic E-state index is 11.5. The fourth-order valence-electron chi connectivity index (χ4n) is 2.06. The molecule has 0 saturated carbocycles. The molecule has 1 saturated heterocycles. The molecule has 1 unspecified atom stereocenters. The second-order valence-corrected chi connectivity index (χ2v) is 5.71. The monoisotopic (exact) mass is 242 g/mol. The standard InChI is InChI=1S/C13H26N2O2/c1-5-8-14-12(16)17-11-7-6-9-15(10-11)13(2,3)4/h11H,5-10H2,1-4H3,(H,14,16). The molecule has 0 aromatic heterocycles. The third kappa shape index (κ3) is 4.94. The van der Waals surface area contributed by atoms with Crippen LogP contribution in [0.25, 0.3) is 0 Å². The zero-order valence-electron chi connectivity index (χ0n) is 11.6. The number of amides is 1. The lowest BCUT2D eigenvalue weighted by Crippen LogP contribution is -2.50. The Morgan fingerprint density at radius 3 is 2.76 bits per heavy atom. The van der Waals surface area contributed by atoms with Crippen LogP contribution in [-0.2, 0) is 4.74 Å². The first kappa shape index (κ1) is 14.3. The van der Waals surface area contributed by atoms with Gasteiger partial charge >= 0.3 is 6.09 Å². The summed E-state index contributed by atoms with van der Waals surface area (Å²) in [4.78, 5) is 13.9. The highest BCUT2D eigenvalue weighted by Gasteiger charge is 2.29. The molecule has 0 aromatic rings. The number of hydrogen-bond acceptors (Lipinski definition) is 3. The molecule has 1 atom stereocenters. The molecule has 17 heavy (non-hydrogen) atoms. The Bertz CT molecular complexity index is 248. The van der Waals surface area contributed by atoms with Crippen LogP contribution in [0.15, 0.2) is 0 Å². The molecule has 1 amide bonds. The van der Waals surface area contributed by atoms with Crippen molar-refractivity contribution >= 4 is 6.09 Å². The Labute approximate surface area is 105 Å². The number of likely N-dealkylation sites (tertiary alicyclic amines) is 1. The lowest BCUT2D eigenvalue weighted by Gasteiger charge is -2.41. The number of hydrogen-bond donors (Lipinski definition) is 1. The largest absolute Gasteiger partial charge is 0.445 e. The van der Waals surface area contributed by atoms with E-state index in [-0.39, 0.29) is 17.7 Å². The minimum Gasteiger partial charge on any atom is -0.445 e. The molecule has 4 nitrogen and oxygen atoms in total. The van der Waals surface area contributed by atoms with E-state index in [1.807, 2.05) is 6.92 Å². The van der Waals surface area contributed by atoms with E-state index in [1.165, 1.54) is 0 Å². The predicted molar refractivity (Wildman–Crippen MR) is 69.1 cm³/mol. The predicted octanol–water partition coefficient (Wildman–Crippen LogP) is 2.39. The molecule has 0 aliphatic carbocycles. The fraction of sp³-hybridized carbons (Fsp3) is 0.923. The molecule has 1 rings (SSSR count). The molecule has 1 N–H and O–H groups in total. The Balaban J connectivity index is 2.37. The average molecular weight is 242 g/mol. The Morgan fingerprint density at radius 2 is 2.18 bits per heavy atom. The van der Waals surface area contributed by atoms with E-state index in [9.17, 15) is 4.79 Å². The number of piperidine rings is 1.